The fraction of sp³-hybridized carbons (Fsp3) is 0.267. The average Bonchev–Trinajstić information content (AvgIpc) is 2.92. The summed E-state index contributed by atoms with van der Waals surface area (Å²) in [6.07, 6.45) is 1.01. The first kappa shape index (κ1) is 12.5. The summed E-state index contributed by atoms with van der Waals surface area (Å²) >= 11 is 1.85. The van der Waals surface area contributed by atoms with Gasteiger partial charge in [-0.25, -0.2) is 4.39 Å². The predicted molar refractivity (Wildman–Crippen MR) is 77.1 cm³/mol. The highest BCUT2D eigenvalue weighted by Gasteiger charge is 2.19. The van der Waals surface area contributed by atoms with Crippen molar-refractivity contribution >= 4 is 28.4 Å². The van der Waals surface area contributed by atoms with Crippen LogP contribution < -0.4 is 5.32 Å². The van der Waals surface area contributed by atoms with Gasteiger partial charge in [0.1, 0.15) is 5.82 Å². The van der Waals surface area contributed by atoms with E-state index in [-0.39, 0.29) is 17.8 Å². The Hall–Kier alpha value is -1.55. The fourth-order valence-electron chi connectivity index (χ4n) is 2.37. The standard InChI is InChI=1S/C15H14FNOS/c16-14-6-5-13(11-3-1-2-4-12(11)14)15(18)17-10-7-8-19-9-10/h1-6,10H,7-9H2,(H,17,18). The van der Waals surface area contributed by atoms with Crippen molar-refractivity contribution in [2.75, 3.05) is 11.5 Å². The van der Waals surface area contributed by atoms with Crippen LogP contribution in [0.25, 0.3) is 10.8 Å². The summed E-state index contributed by atoms with van der Waals surface area (Å²) in [6, 6.07) is 10.3. The van der Waals surface area contributed by atoms with Crippen molar-refractivity contribution in [1.82, 2.24) is 5.32 Å². The predicted octanol–water partition coefficient (Wildman–Crippen LogP) is 3.21. The number of hydrogen-bond donors (Lipinski definition) is 1. The molecule has 1 saturated heterocycles. The first-order valence-electron chi connectivity index (χ1n) is 6.31. The Balaban J connectivity index is 1.95. The molecular weight excluding hydrogens is 261 g/mol. The molecule has 2 nitrogen and oxygen atoms in total. The zero-order valence-electron chi connectivity index (χ0n) is 10.4. The topological polar surface area (TPSA) is 29.1 Å². The summed E-state index contributed by atoms with van der Waals surface area (Å²) in [7, 11) is 0. The van der Waals surface area contributed by atoms with Crippen LogP contribution in [-0.2, 0) is 0 Å². The normalized spacial score (nSPS) is 18.7. The Bertz CT molecular complexity index is 623. The van der Waals surface area contributed by atoms with E-state index in [2.05, 4.69) is 5.32 Å². The quantitative estimate of drug-likeness (QED) is 0.912. The molecule has 19 heavy (non-hydrogen) atoms. The van der Waals surface area contributed by atoms with Gasteiger partial charge in [0.15, 0.2) is 0 Å². The van der Waals surface area contributed by atoms with Gasteiger partial charge in [0.25, 0.3) is 5.91 Å². The molecule has 1 aliphatic rings. The first-order valence-corrected chi connectivity index (χ1v) is 7.47. The van der Waals surface area contributed by atoms with Gasteiger partial charge in [-0.2, -0.15) is 11.8 Å². The summed E-state index contributed by atoms with van der Waals surface area (Å²) < 4.78 is 13.7. The molecule has 0 aromatic heterocycles. The molecule has 0 aliphatic carbocycles. The third-order valence-electron chi connectivity index (χ3n) is 3.38. The van der Waals surface area contributed by atoms with Gasteiger partial charge in [0, 0.05) is 22.7 Å². The Kier molecular flexibility index (Phi) is 3.42. The third kappa shape index (κ3) is 2.45. The molecule has 0 bridgehead atoms. The molecule has 98 valence electrons. The smallest absolute Gasteiger partial charge is 0.252 e. The lowest BCUT2D eigenvalue weighted by Crippen LogP contribution is -2.34. The number of rotatable bonds is 2. The number of halogens is 1. The molecule has 1 heterocycles. The maximum Gasteiger partial charge on any atom is 0.252 e. The number of hydrogen-bond acceptors (Lipinski definition) is 2. The van der Waals surface area contributed by atoms with Crippen LogP contribution >= 0.6 is 11.8 Å². The number of amides is 1. The van der Waals surface area contributed by atoms with Gasteiger partial charge in [-0.15, -0.1) is 0 Å². The van der Waals surface area contributed by atoms with E-state index in [1.54, 1.807) is 24.3 Å². The Morgan fingerprint density at radius 3 is 2.74 bits per heavy atom. The monoisotopic (exact) mass is 275 g/mol. The molecule has 4 heteroatoms. The third-order valence-corrected chi connectivity index (χ3v) is 4.54. The van der Waals surface area contributed by atoms with E-state index in [1.165, 1.54) is 6.07 Å². The number of nitrogens with one attached hydrogen (secondary N) is 1. The molecule has 2 aromatic rings. The minimum Gasteiger partial charge on any atom is -0.348 e. The van der Waals surface area contributed by atoms with E-state index in [0.29, 0.717) is 16.3 Å². The average molecular weight is 275 g/mol. The minimum atomic E-state index is -0.288. The second kappa shape index (κ2) is 5.21. The van der Waals surface area contributed by atoms with Crippen LogP contribution in [0.5, 0.6) is 0 Å². The van der Waals surface area contributed by atoms with E-state index in [4.69, 9.17) is 0 Å². The molecule has 1 atom stereocenters. The first-order chi connectivity index (χ1) is 9.25. The SMILES string of the molecule is O=C(NC1CCSC1)c1ccc(F)c2ccccc12. The van der Waals surface area contributed by atoms with Crippen molar-refractivity contribution in [1.29, 1.82) is 0 Å². The van der Waals surface area contributed by atoms with Crippen LogP contribution in [0.3, 0.4) is 0 Å². The van der Waals surface area contributed by atoms with E-state index in [1.807, 2.05) is 17.8 Å². The van der Waals surface area contributed by atoms with E-state index < -0.39 is 0 Å². The van der Waals surface area contributed by atoms with E-state index in [9.17, 15) is 9.18 Å². The molecule has 1 unspecified atom stereocenters. The summed E-state index contributed by atoms with van der Waals surface area (Å²) in [6.45, 7) is 0. The fourth-order valence-corrected chi connectivity index (χ4v) is 3.52. The Morgan fingerprint density at radius 2 is 2.00 bits per heavy atom. The molecule has 3 rings (SSSR count). The highest BCUT2D eigenvalue weighted by molar-refractivity contribution is 7.99. The molecule has 1 amide bonds. The summed E-state index contributed by atoms with van der Waals surface area (Å²) in [4.78, 5) is 12.3. The van der Waals surface area contributed by atoms with Gasteiger partial charge < -0.3 is 5.32 Å². The van der Waals surface area contributed by atoms with Crippen LogP contribution in [-0.4, -0.2) is 23.5 Å². The van der Waals surface area contributed by atoms with Gasteiger partial charge in [-0.3, -0.25) is 4.79 Å². The minimum absolute atomic E-state index is 0.108. The largest absolute Gasteiger partial charge is 0.348 e. The van der Waals surface area contributed by atoms with E-state index >= 15 is 0 Å². The lowest BCUT2D eigenvalue weighted by Gasteiger charge is -2.13. The Labute approximate surface area is 115 Å². The van der Waals surface area contributed by atoms with Gasteiger partial charge in [0.05, 0.1) is 0 Å². The summed E-state index contributed by atoms with van der Waals surface area (Å²) in [5.74, 6) is 1.66. The van der Waals surface area contributed by atoms with Gasteiger partial charge in [-0.05, 0) is 29.7 Å². The molecule has 0 spiro atoms. The number of thioether (sulfide) groups is 1. The van der Waals surface area contributed by atoms with Crippen LogP contribution in [0.2, 0.25) is 0 Å². The van der Waals surface area contributed by atoms with Crippen molar-refractivity contribution in [2.45, 2.75) is 12.5 Å². The van der Waals surface area contributed by atoms with Crippen molar-refractivity contribution in [2.24, 2.45) is 0 Å². The lowest BCUT2D eigenvalue weighted by molar-refractivity contribution is 0.0943. The number of benzene rings is 2. The number of carbonyl (C=O) groups excluding carboxylic acids is 1. The molecular formula is C15H14FNOS. The molecule has 0 saturated carbocycles. The zero-order valence-corrected chi connectivity index (χ0v) is 11.2. The number of carbonyl (C=O) groups is 1. The van der Waals surface area contributed by atoms with Crippen LogP contribution in [0.15, 0.2) is 36.4 Å². The highest BCUT2D eigenvalue weighted by atomic mass is 32.2. The van der Waals surface area contributed by atoms with Crippen LogP contribution in [0.1, 0.15) is 16.8 Å². The van der Waals surface area contributed by atoms with Gasteiger partial charge in [0.2, 0.25) is 0 Å². The zero-order chi connectivity index (χ0) is 13.2. The lowest BCUT2D eigenvalue weighted by atomic mass is 10.0. The van der Waals surface area contributed by atoms with Crippen molar-refractivity contribution in [3.05, 3.63) is 47.8 Å². The summed E-state index contributed by atoms with van der Waals surface area (Å²) in [5.41, 5.74) is 0.550. The maximum atomic E-state index is 13.7. The van der Waals surface area contributed by atoms with E-state index in [0.717, 1.165) is 17.9 Å². The second-order valence-electron chi connectivity index (χ2n) is 4.67. The van der Waals surface area contributed by atoms with Crippen LogP contribution in [0, 0.1) is 5.82 Å². The second-order valence-corrected chi connectivity index (χ2v) is 5.82. The van der Waals surface area contributed by atoms with Crippen molar-refractivity contribution in [3.8, 4) is 0 Å². The molecule has 0 radical (unpaired) electrons. The Morgan fingerprint density at radius 1 is 1.21 bits per heavy atom. The summed E-state index contributed by atoms with van der Waals surface area (Å²) in [5, 5.41) is 4.19. The van der Waals surface area contributed by atoms with Crippen LogP contribution in [0.4, 0.5) is 4.39 Å². The van der Waals surface area contributed by atoms with Gasteiger partial charge >= 0.3 is 0 Å². The van der Waals surface area contributed by atoms with Crippen molar-refractivity contribution in [3.63, 3.8) is 0 Å². The number of fused-ring (bicyclic) bond motifs is 1. The highest BCUT2D eigenvalue weighted by Crippen LogP contribution is 2.23. The molecule has 1 aliphatic heterocycles. The maximum absolute atomic E-state index is 13.7. The molecule has 2 aromatic carbocycles. The van der Waals surface area contributed by atoms with Crippen molar-refractivity contribution < 1.29 is 9.18 Å². The molecule has 1 N–H and O–H groups in total. The molecule has 1 fully saturated rings. The van der Waals surface area contributed by atoms with Gasteiger partial charge in [-0.1, -0.05) is 24.3 Å².